The third-order valence-corrected chi connectivity index (χ3v) is 5.17. The van der Waals surface area contributed by atoms with Crippen molar-refractivity contribution >= 4 is 23.2 Å². The molecule has 160 valence electrons. The van der Waals surface area contributed by atoms with Crippen molar-refractivity contribution in [1.82, 2.24) is 4.90 Å². The van der Waals surface area contributed by atoms with E-state index in [1.54, 1.807) is 35.2 Å². The SMILES string of the molecule is CC1CCCCN1C(=O)CNc1ccc(NC(=O)c2ccccc2)cc1C(F)(F)F. The molecule has 0 aromatic heterocycles. The number of rotatable bonds is 5. The minimum atomic E-state index is -4.64. The van der Waals surface area contributed by atoms with Gasteiger partial charge in [0.05, 0.1) is 12.1 Å². The lowest BCUT2D eigenvalue weighted by atomic mass is 10.0. The van der Waals surface area contributed by atoms with Crippen molar-refractivity contribution in [2.45, 2.75) is 38.4 Å². The zero-order valence-corrected chi connectivity index (χ0v) is 16.6. The summed E-state index contributed by atoms with van der Waals surface area (Å²) >= 11 is 0. The molecule has 3 rings (SSSR count). The maximum absolute atomic E-state index is 13.6. The second kappa shape index (κ2) is 9.19. The average Bonchev–Trinajstić information content (AvgIpc) is 2.73. The third-order valence-electron chi connectivity index (χ3n) is 5.17. The van der Waals surface area contributed by atoms with Crippen molar-refractivity contribution in [3.63, 3.8) is 0 Å². The molecule has 1 heterocycles. The number of alkyl halides is 3. The van der Waals surface area contributed by atoms with Gasteiger partial charge in [-0.15, -0.1) is 0 Å². The van der Waals surface area contributed by atoms with Crippen molar-refractivity contribution in [3.05, 3.63) is 59.7 Å². The second-order valence-electron chi connectivity index (χ2n) is 7.36. The molecule has 5 nitrogen and oxygen atoms in total. The number of likely N-dealkylation sites (tertiary alicyclic amines) is 1. The second-order valence-corrected chi connectivity index (χ2v) is 7.36. The monoisotopic (exact) mass is 419 g/mol. The van der Waals surface area contributed by atoms with E-state index in [9.17, 15) is 22.8 Å². The van der Waals surface area contributed by atoms with Crippen molar-refractivity contribution < 1.29 is 22.8 Å². The van der Waals surface area contributed by atoms with Gasteiger partial charge < -0.3 is 15.5 Å². The summed E-state index contributed by atoms with van der Waals surface area (Å²) in [6, 6.07) is 11.8. The largest absolute Gasteiger partial charge is 0.418 e. The van der Waals surface area contributed by atoms with Crippen LogP contribution in [0.4, 0.5) is 24.5 Å². The maximum atomic E-state index is 13.6. The summed E-state index contributed by atoms with van der Waals surface area (Å²) in [4.78, 5) is 26.4. The number of carbonyl (C=O) groups excluding carboxylic acids is 2. The molecule has 1 fully saturated rings. The molecule has 30 heavy (non-hydrogen) atoms. The van der Waals surface area contributed by atoms with Crippen LogP contribution in [0.3, 0.4) is 0 Å². The first-order chi connectivity index (χ1) is 14.3. The molecule has 2 aromatic rings. The maximum Gasteiger partial charge on any atom is 0.418 e. The average molecular weight is 419 g/mol. The van der Waals surface area contributed by atoms with E-state index >= 15 is 0 Å². The predicted molar refractivity (Wildman–Crippen MR) is 109 cm³/mol. The van der Waals surface area contributed by atoms with Gasteiger partial charge in [-0.25, -0.2) is 0 Å². The van der Waals surface area contributed by atoms with Crippen LogP contribution in [0.1, 0.15) is 42.1 Å². The molecular formula is C22H24F3N3O2. The molecule has 8 heteroatoms. The van der Waals surface area contributed by atoms with Gasteiger partial charge in [0.1, 0.15) is 0 Å². The highest BCUT2D eigenvalue weighted by molar-refractivity contribution is 6.04. The molecule has 2 amide bonds. The van der Waals surface area contributed by atoms with Crippen molar-refractivity contribution in [2.75, 3.05) is 23.7 Å². The Morgan fingerprint density at radius 1 is 1.10 bits per heavy atom. The number of nitrogens with zero attached hydrogens (tertiary/aromatic N) is 1. The molecule has 1 aliphatic rings. The third kappa shape index (κ3) is 5.31. The molecule has 0 saturated carbocycles. The first-order valence-electron chi connectivity index (χ1n) is 9.86. The van der Waals surface area contributed by atoms with E-state index < -0.39 is 17.6 Å². The minimum Gasteiger partial charge on any atom is -0.376 e. The number of carbonyl (C=O) groups is 2. The van der Waals surface area contributed by atoms with Crippen molar-refractivity contribution in [3.8, 4) is 0 Å². The number of amides is 2. The Balaban J connectivity index is 1.73. The highest BCUT2D eigenvalue weighted by Crippen LogP contribution is 2.36. The quantitative estimate of drug-likeness (QED) is 0.734. The van der Waals surface area contributed by atoms with Crippen LogP contribution in [0.2, 0.25) is 0 Å². The Morgan fingerprint density at radius 3 is 2.50 bits per heavy atom. The van der Waals surface area contributed by atoms with Gasteiger partial charge in [0.2, 0.25) is 5.91 Å². The lowest BCUT2D eigenvalue weighted by molar-refractivity contribution is -0.137. The summed E-state index contributed by atoms with van der Waals surface area (Å²) in [5.74, 6) is -0.726. The van der Waals surface area contributed by atoms with E-state index in [-0.39, 0.29) is 29.9 Å². The fraction of sp³-hybridized carbons (Fsp3) is 0.364. The van der Waals surface area contributed by atoms with Gasteiger partial charge in [0.15, 0.2) is 0 Å². The summed E-state index contributed by atoms with van der Waals surface area (Å²) < 4.78 is 40.7. The standard InChI is InChI=1S/C22H24F3N3O2/c1-15-7-5-6-12-28(15)20(29)14-26-19-11-10-17(13-18(19)22(23,24)25)27-21(30)16-8-3-2-4-9-16/h2-4,8-11,13,15,26H,5-7,12,14H2,1H3,(H,27,30). The fourth-order valence-corrected chi connectivity index (χ4v) is 3.54. The fourth-order valence-electron chi connectivity index (χ4n) is 3.54. The molecular weight excluding hydrogens is 395 g/mol. The molecule has 0 bridgehead atoms. The van der Waals surface area contributed by atoms with Crippen LogP contribution in [-0.4, -0.2) is 35.8 Å². The molecule has 2 N–H and O–H groups in total. The Bertz CT molecular complexity index is 900. The zero-order valence-electron chi connectivity index (χ0n) is 16.6. The summed E-state index contributed by atoms with van der Waals surface area (Å²) in [6.07, 6.45) is -1.79. The van der Waals surface area contributed by atoms with Crippen LogP contribution in [0.25, 0.3) is 0 Å². The van der Waals surface area contributed by atoms with Gasteiger partial charge in [-0.3, -0.25) is 9.59 Å². The normalized spacial score (nSPS) is 16.8. The smallest absolute Gasteiger partial charge is 0.376 e. The molecule has 2 aromatic carbocycles. The van der Waals surface area contributed by atoms with E-state index in [1.807, 2.05) is 6.92 Å². The number of nitrogens with one attached hydrogen (secondary N) is 2. The Kier molecular flexibility index (Phi) is 6.64. The Morgan fingerprint density at radius 2 is 1.83 bits per heavy atom. The molecule has 1 saturated heterocycles. The van der Waals surface area contributed by atoms with Gasteiger partial charge in [-0.2, -0.15) is 13.2 Å². The van der Waals surface area contributed by atoms with Crippen molar-refractivity contribution in [1.29, 1.82) is 0 Å². The molecule has 1 unspecified atom stereocenters. The highest BCUT2D eigenvalue weighted by Gasteiger charge is 2.34. The van der Waals surface area contributed by atoms with Crippen LogP contribution >= 0.6 is 0 Å². The first kappa shape index (κ1) is 21.7. The summed E-state index contributed by atoms with van der Waals surface area (Å²) in [5.41, 5.74) is -0.765. The topological polar surface area (TPSA) is 61.4 Å². The number of halogens is 3. The van der Waals surface area contributed by atoms with Crippen LogP contribution < -0.4 is 10.6 Å². The summed E-state index contributed by atoms with van der Waals surface area (Å²) in [5, 5.41) is 5.10. The van der Waals surface area contributed by atoms with E-state index in [2.05, 4.69) is 10.6 Å². The van der Waals surface area contributed by atoms with Gasteiger partial charge in [-0.05, 0) is 56.5 Å². The highest BCUT2D eigenvalue weighted by atomic mass is 19.4. The number of piperidine rings is 1. The van der Waals surface area contributed by atoms with E-state index in [4.69, 9.17) is 0 Å². The lowest BCUT2D eigenvalue weighted by Gasteiger charge is -2.33. The van der Waals surface area contributed by atoms with Crippen LogP contribution in [0.5, 0.6) is 0 Å². The van der Waals surface area contributed by atoms with Gasteiger partial charge in [-0.1, -0.05) is 18.2 Å². The van der Waals surface area contributed by atoms with Crippen molar-refractivity contribution in [2.24, 2.45) is 0 Å². The van der Waals surface area contributed by atoms with E-state index in [0.717, 1.165) is 25.3 Å². The van der Waals surface area contributed by atoms with Crippen LogP contribution in [0.15, 0.2) is 48.5 Å². The molecule has 1 atom stereocenters. The lowest BCUT2D eigenvalue weighted by Crippen LogP contribution is -2.44. The van der Waals surface area contributed by atoms with Gasteiger partial charge in [0.25, 0.3) is 5.91 Å². The summed E-state index contributed by atoms with van der Waals surface area (Å²) in [7, 11) is 0. The number of benzene rings is 2. The van der Waals surface area contributed by atoms with Crippen LogP contribution in [-0.2, 0) is 11.0 Å². The summed E-state index contributed by atoms with van der Waals surface area (Å²) in [6.45, 7) is 2.35. The number of hydrogen-bond donors (Lipinski definition) is 2. The van der Waals surface area contributed by atoms with Crippen LogP contribution in [0, 0.1) is 0 Å². The molecule has 0 radical (unpaired) electrons. The first-order valence-corrected chi connectivity index (χ1v) is 9.86. The van der Waals surface area contributed by atoms with Gasteiger partial charge >= 0.3 is 6.18 Å². The number of anilines is 2. The van der Waals surface area contributed by atoms with E-state index in [0.29, 0.717) is 12.1 Å². The minimum absolute atomic E-state index is 0.0257. The Hall–Kier alpha value is -3.03. The molecule has 0 spiro atoms. The van der Waals surface area contributed by atoms with E-state index in [1.165, 1.54) is 12.1 Å². The number of hydrogen-bond acceptors (Lipinski definition) is 3. The predicted octanol–water partition coefficient (Wildman–Crippen LogP) is 4.77. The Labute approximate surface area is 173 Å². The zero-order chi connectivity index (χ0) is 21.7. The van der Waals surface area contributed by atoms with Gasteiger partial charge in [0, 0.05) is 29.5 Å². The molecule has 0 aliphatic carbocycles. The molecule has 1 aliphatic heterocycles.